The minimum atomic E-state index is -4.67. The van der Waals surface area contributed by atoms with Gasteiger partial charge in [0.25, 0.3) is 0 Å². The van der Waals surface area contributed by atoms with Gasteiger partial charge in [0.2, 0.25) is 0 Å². The molecule has 3 aromatic heterocycles. The molecule has 0 aliphatic carbocycles. The SMILES string of the molecule is Cc1c(-c2ccccn2)oc2c(C(C)Nc3cccnc3C#N)cc(C(F)(F)F)cc2c1=O. The lowest BCUT2D eigenvalue weighted by atomic mass is 9.98. The first kappa shape index (κ1) is 22.0. The van der Waals surface area contributed by atoms with Crippen LogP contribution in [-0.4, -0.2) is 9.97 Å². The Kier molecular flexibility index (Phi) is 5.60. The highest BCUT2D eigenvalue weighted by Gasteiger charge is 2.33. The quantitative estimate of drug-likeness (QED) is 0.434. The van der Waals surface area contributed by atoms with E-state index in [4.69, 9.17) is 4.42 Å². The van der Waals surface area contributed by atoms with Crippen LogP contribution in [0.1, 0.15) is 35.3 Å². The van der Waals surface area contributed by atoms with Crippen molar-refractivity contribution in [2.24, 2.45) is 0 Å². The zero-order valence-electron chi connectivity index (χ0n) is 17.6. The van der Waals surface area contributed by atoms with Crippen LogP contribution in [0.2, 0.25) is 0 Å². The Labute approximate surface area is 186 Å². The van der Waals surface area contributed by atoms with Crippen LogP contribution in [0.5, 0.6) is 0 Å². The molecular formula is C24H17F3N4O2. The van der Waals surface area contributed by atoms with Gasteiger partial charge in [0.15, 0.2) is 16.9 Å². The number of halogens is 3. The van der Waals surface area contributed by atoms with Gasteiger partial charge in [-0.2, -0.15) is 18.4 Å². The molecule has 166 valence electrons. The fraction of sp³-hybridized carbons (Fsp3) is 0.167. The molecule has 0 aliphatic rings. The first-order valence-corrected chi connectivity index (χ1v) is 9.92. The van der Waals surface area contributed by atoms with E-state index < -0.39 is 23.2 Å². The highest BCUT2D eigenvalue weighted by molar-refractivity contribution is 5.84. The second kappa shape index (κ2) is 8.39. The van der Waals surface area contributed by atoms with Crippen molar-refractivity contribution in [3.8, 4) is 17.5 Å². The fourth-order valence-corrected chi connectivity index (χ4v) is 3.57. The van der Waals surface area contributed by atoms with E-state index in [9.17, 15) is 23.2 Å². The molecule has 1 aromatic carbocycles. The highest BCUT2D eigenvalue weighted by atomic mass is 19.4. The molecular weight excluding hydrogens is 433 g/mol. The fourth-order valence-electron chi connectivity index (χ4n) is 3.57. The Balaban J connectivity index is 1.97. The monoisotopic (exact) mass is 450 g/mol. The third-order valence-corrected chi connectivity index (χ3v) is 5.22. The molecule has 0 radical (unpaired) electrons. The molecule has 9 heteroatoms. The van der Waals surface area contributed by atoms with Crippen LogP contribution < -0.4 is 10.7 Å². The van der Waals surface area contributed by atoms with Crippen molar-refractivity contribution in [2.45, 2.75) is 26.1 Å². The number of rotatable bonds is 4. The third kappa shape index (κ3) is 4.15. The van der Waals surface area contributed by atoms with Crippen LogP contribution in [0.3, 0.4) is 0 Å². The van der Waals surface area contributed by atoms with Gasteiger partial charge in [-0.15, -0.1) is 0 Å². The first-order chi connectivity index (χ1) is 15.7. The van der Waals surface area contributed by atoms with Crippen LogP contribution in [0, 0.1) is 18.3 Å². The summed E-state index contributed by atoms with van der Waals surface area (Å²) >= 11 is 0. The average molecular weight is 450 g/mol. The summed E-state index contributed by atoms with van der Waals surface area (Å²) in [6.07, 6.45) is -1.70. The predicted octanol–water partition coefficient (Wildman–Crippen LogP) is 5.62. The molecule has 0 amide bonds. The Morgan fingerprint density at radius 2 is 1.88 bits per heavy atom. The smallest absolute Gasteiger partial charge is 0.416 e. The minimum Gasteiger partial charge on any atom is -0.454 e. The summed E-state index contributed by atoms with van der Waals surface area (Å²) in [5, 5.41) is 12.1. The Morgan fingerprint density at radius 3 is 2.55 bits per heavy atom. The third-order valence-electron chi connectivity index (χ3n) is 5.22. The molecule has 0 fully saturated rings. The molecule has 0 saturated carbocycles. The van der Waals surface area contributed by atoms with Gasteiger partial charge in [-0.25, -0.2) is 4.98 Å². The van der Waals surface area contributed by atoms with E-state index in [1.165, 1.54) is 19.3 Å². The Bertz CT molecular complexity index is 1440. The summed E-state index contributed by atoms with van der Waals surface area (Å²) in [4.78, 5) is 21.3. The van der Waals surface area contributed by atoms with Crippen LogP contribution in [0.15, 0.2) is 64.1 Å². The van der Waals surface area contributed by atoms with Gasteiger partial charge in [0.1, 0.15) is 17.3 Å². The number of nitriles is 1. The lowest BCUT2D eigenvalue weighted by molar-refractivity contribution is -0.137. The number of hydrogen-bond donors (Lipinski definition) is 1. The molecule has 0 saturated heterocycles. The summed E-state index contributed by atoms with van der Waals surface area (Å²) in [7, 11) is 0. The maximum absolute atomic E-state index is 13.7. The normalized spacial score (nSPS) is 12.4. The number of pyridine rings is 2. The molecule has 3 heterocycles. The maximum atomic E-state index is 13.7. The summed E-state index contributed by atoms with van der Waals surface area (Å²) in [6.45, 7) is 3.11. The van der Waals surface area contributed by atoms with Gasteiger partial charge in [-0.3, -0.25) is 9.78 Å². The second-order valence-electron chi connectivity index (χ2n) is 7.42. The van der Waals surface area contributed by atoms with Crippen molar-refractivity contribution in [2.75, 3.05) is 5.32 Å². The van der Waals surface area contributed by atoms with Gasteiger partial charge in [-0.1, -0.05) is 6.07 Å². The van der Waals surface area contributed by atoms with Crippen LogP contribution in [-0.2, 0) is 6.18 Å². The van der Waals surface area contributed by atoms with Gasteiger partial charge in [-0.05, 0) is 50.2 Å². The molecule has 0 spiro atoms. The molecule has 0 aliphatic heterocycles. The van der Waals surface area contributed by atoms with Gasteiger partial charge in [0.05, 0.1) is 22.7 Å². The van der Waals surface area contributed by atoms with Gasteiger partial charge in [0, 0.05) is 23.5 Å². The van der Waals surface area contributed by atoms with E-state index in [1.54, 1.807) is 37.3 Å². The van der Waals surface area contributed by atoms with Crippen molar-refractivity contribution in [1.82, 2.24) is 9.97 Å². The van der Waals surface area contributed by atoms with Gasteiger partial charge < -0.3 is 9.73 Å². The number of nitrogens with one attached hydrogen (secondary N) is 1. The lowest BCUT2D eigenvalue weighted by Crippen LogP contribution is -2.15. The maximum Gasteiger partial charge on any atom is 0.416 e. The number of hydrogen-bond acceptors (Lipinski definition) is 6. The van der Waals surface area contributed by atoms with E-state index in [1.807, 2.05) is 6.07 Å². The highest BCUT2D eigenvalue weighted by Crippen LogP contribution is 2.37. The largest absolute Gasteiger partial charge is 0.454 e. The number of benzene rings is 1. The van der Waals surface area contributed by atoms with Gasteiger partial charge >= 0.3 is 6.18 Å². The topological polar surface area (TPSA) is 91.8 Å². The average Bonchev–Trinajstić information content (AvgIpc) is 2.81. The molecule has 1 atom stereocenters. The molecule has 6 nitrogen and oxygen atoms in total. The summed E-state index contributed by atoms with van der Waals surface area (Å²) < 4.78 is 47.0. The first-order valence-electron chi connectivity index (χ1n) is 9.92. The van der Waals surface area contributed by atoms with E-state index >= 15 is 0 Å². The van der Waals surface area contributed by atoms with Crippen LogP contribution >= 0.6 is 0 Å². The van der Waals surface area contributed by atoms with Crippen molar-refractivity contribution in [3.63, 3.8) is 0 Å². The lowest BCUT2D eigenvalue weighted by Gasteiger charge is -2.20. The number of aromatic nitrogens is 2. The minimum absolute atomic E-state index is 0.0154. The standard InChI is InChI=1S/C24H17F3N4O2/c1-13-21(32)17-11-15(24(25,26)27)10-16(14(2)31-18-7-5-9-30-20(18)12-28)23(17)33-22(13)19-6-3-4-8-29-19/h3-11,14,31H,1-2H3. The predicted molar refractivity (Wildman–Crippen MR) is 116 cm³/mol. The van der Waals surface area contributed by atoms with E-state index in [-0.39, 0.29) is 33.6 Å². The van der Waals surface area contributed by atoms with Crippen molar-refractivity contribution >= 4 is 16.7 Å². The van der Waals surface area contributed by atoms with Crippen molar-refractivity contribution in [3.05, 3.63) is 87.5 Å². The van der Waals surface area contributed by atoms with E-state index in [2.05, 4.69) is 15.3 Å². The molecule has 0 bridgehead atoms. The molecule has 4 aromatic rings. The Hall–Kier alpha value is -4.19. The molecule has 1 unspecified atom stereocenters. The van der Waals surface area contributed by atoms with E-state index in [0.717, 1.165) is 12.1 Å². The molecule has 1 N–H and O–H groups in total. The summed E-state index contributed by atoms with van der Waals surface area (Å²) in [6, 6.07) is 11.2. The number of alkyl halides is 3. The summed E-state index contributed by atoms with van der Waals surface area (Å²) in [5.41, 5.74) is -0.433. The molecule has 4 rings (SSSR count). The Morgan fingerprint density at radius 1 is 1.12 bits per heavy atom. The van der Waals surface area contributed by atoms with Crippen molar-refractivity contribution < 1.29 is 17.6 Å². The van der Waals surface area contributed by atoms with Crippen molar-refractivity contribution in [1.29, 1.82) is 5.26 Å². The second-order valence-corrected chi connectivity index (χ2v) is 7.42. The number of anilines is 1. The number of nitrogens with zero attached hydrogens (tertiary/aromatic N) is 3. The zero-order valence-corrected chi connectivity index (χ0v) is 17.6. The zero-order chi connectivity index (χ0) is 23.8. The van der Waals surface area contributed by atoms with E-state index in [0.29, 0.717) is 11.4 Å². The molecule has 33 heavy (non-hydrogen) atoms. The number of fused-ring (bicyclic) bond motifs is 1. The van der Waals surface area contributed by atoms with Crippen LogP contribution in [0.4, 0.5) is 18.9 Å². The summed E-state index contributed by atoms with van der Waals surface area (Å²) in [5.74, 6) is 0.181. The van der Waals surface area contributed by atoms with Crippen LogP contribution in [0.25, 0.3) is 22.4 Å².